The highest BCUT2D eigenvalue weighted by molar-refractivity contribution is 5.90. The van der Waals surface area contributed by atoms with Gasteiger partial charge in [-0.3, -0.25) is 4.79 Å². The molecule has 78 valence electrons. The minimum atomic E-state index is -0.113. The zero-order valence-electron chi connectivity index (χ0n) is 8.36. The molecule has 15 heavy (non-hydrogen) atoms. The lowest BCUT2D eigenvalue weighted by molar-refractivity contribution is -0.116. The van der Waals surface area contributed by atoms with E-state index in [1.54, 1.807) is 24.3 Å². The second-order valence-corrected chi connectivity index (χ2v) is 3.10. The normalized spacial score (nSPS) is 9.33. The first-order valence-corrected chi connectivity index (χ1v) is 4.73. The number of rotatable bonds is 4. The molecule has 0 unspecified atom stereocenters. The van der Waals surface area contributed by atoms with Gasteiger partial charge in [0.2, 0.25) is 5.91 Å². The molecule has 1 amide bonds. The molecule has 0 atom stereocenters. The number of amides is 1. The van der Waals surface area contributed by atoms with Crippen LogP contribution in [0.5, 0.6) is 0 Å². The summed E-state index contributed by atoms with van der Waals surface area (Å²) in [5, 5.41) is 11.3. The second-order valence-electron chi connectivity index (χ2n) is 3.10. The van der Waals surface area contributed by atoms with Gasteiger partial charge in [-0.05, 0) is 24.6 Å². The zero-order chi connectivity index (χ0) is 11.1. The van der Waals surface area contributed by atoms with Gasteiger partial charge in [-0.15, -0.1) is 6.42 Å². The summed E-state index contributed by atoms with van der Waals surface area (Å²) in [6.45, 7) is 0.0256. The first-order chi connectivity index (χ1) is 7.26. The summed E-state index contributed by atoms with van der Waals surface area (Å²) in [5.74, 6) is 2.38. The molecule has 0 saturated heterocycles. The lowest BCUT2D eigenvalue weighted by Gasteiger charge is -2.04. The summed E-state index contributed by atoms with van der Waals surface area (Å²) in [6, 6.07) is 7.09. The molecule has 0 spiro atoms. The maximum absolute atomic E-state index is 11.3. The Balaban J connectivity index is 2.57. The van der Waals surface area contributed by atoms with Crippen LogP contribution < -0.4 is 5.32 Å². The SMILES string of the molecule is C#Cc1cccc(NC(=O)CCCO)c1. The van der Waals surface area contributed by atoms with Gasteiger partial charge in [0.25, 0.3) is 0 Å². The fraction of sp³-hybridized carbons (Fsp3) is 0.250. The zero-order valence-corrected chi connectivity index (χ0v) is 8.36. The van der Waals surface area contributed by atoms with Crippen LogP contribution in [0.4, 0.5) is 5.69 Å². The molecule has 0 saturated carbocycles. The van der Waals surface area contributed by atoms with Gasteiger partial charge >= 0.3 is 0 Å². The van der Waals surface area contributed by atoms with E-state index in [9.17, 15) is 4.79 Å². The molecule has 3 heteroatoms. The van der Waals surface area contributed by atoms with Crippen molar-refractivity contribution in [1.29, 1.82) is 0 Å². The van der Waals surface area contributed by atoms with Crippen LogP contribution in [-0.4, -0.2) is 17.6 Å². The largest absolute Gasteiger partial charge is 0.396 e. The number of terminal acetylenes is 1. The van der Waals surface area contributed by atoms with Crippen molar-refractivity contribution in [2.45, 2.75) is 12.8 Å². The number of hydrogen-bond donors (Lipinski definition) is 2. The Hall–Kier alpha value is -1.79. The van der Waals surface area contributed by atoms with E-state index in [-0.39, 0.29) is 12.5 Å². The van der Waals surface area contributed by atoms with Crippen molar-refractivity contribution >= 4 is 11.6 Å². The highest BCUT2D eigenvalue weighted by atomic mass is 16.3. The van der Waals surface area contributed by atoms with E-state index in [0.717, 1.165) is 5.56 Å². The van der Waals surface area contributed by atoms with Crippen molar-refractivity contribution < 1.29 is 9.90 Å². The van der Waals surface area contributed by atoms with Gasteiger partial charge in [0.05, 0.1) is 0 Å². The summed E-state index contributed by atoms with van der Waals surface area (Å²) in [7, 11) is 0. The van der Waals surface area contributed by atoms with E-state index in [1.165, 1.54) is 0 Å². The first kappa shape index (κ1) is 11.3. The van der Waals surface area contributed by atoms with Crippen LogP contribution in [0.2, 0.25) is 0 Å². The van der Waals surface area contributed by atoms with Gasteiger partial charge in [-0.25, -0.2) is 0 Å². The van der Waals surface area contributed by atoms with Crippen molar-refractivity contribution in [2.24, 2.45) is 0 Å². The number of hydrogen-bond acceptors (Lipinski definition) is 2. The molecule has 0 radical (unpaired) electrons. The quantitative estimate of drug-likeness (QED) is 0.726. The molecule has 0 fully saturated rings. The van der Waals surface area contributed by atoms with Gasteiger partial charge < -0.3 is 10.4 Å². The third kappa shape index (κ3) is 3.84. The smallest absolute Gasteiger partial charge is 0.224 e. The average molecular weight is 203 g/mol. The van der Waals surface area contributed by atoms with Crippen LogP contribution in [0.1, 0.15) is 18.4 Å². The molecular weight excluding hydrogens is 190 g/mol. The summed E-state index contributed by atoms with van der Waals surface area (Å²) in [4.78, 5) is 11.3. The van der Waals surface area contributed by atoms with Crippen LogP contribution in [0.25, 0.3) is 0 Å². The Kier molecular flexibility index (Phi) is 4.39. The molecule has 3 nitrogen and oxygen atoms in total. The minimum Gasteiger partial charge on any atom is -0.396 e. The lowest BCUT2D eigenvalue weighted by atomic mass is 10.2. The maximum Gasteiger partial charge on any atom is 0.224 e. The van der Waals surface area contributed by atoms with Crippen LogP contribution in [0.3, 0.4) is 0 Å². The Bertz CT molecular complexity index is 379. The maximum atomic E-state index is 11.3. The third-order valence-corrected chi connectivity index (χ3v) is 1.87. The Morgan fingerprint density at radius 2 is 2.33 bits per heavy atom. The average Bonchev–Trinajstić information content (AvgIpc) is 2.26. The molecular formula is C12H13NO2. The fourth-order valence-electron chi connectivity index (χ4n) is 1.15. The molecule has 0 aromatic heterocycles. The molecule has 0 aliphatic heterocycles. The number of benzene rings is 1. The van der Waals surface area contributed by atoms with E-state index >= 15 is 0 Å². The molecule has 1 aromatic carbocycles. The fourth-order valence-corrected chi connectivity index (χ4v) is 1.15. The predicted octanol–water partition coefficient (Wildman–Crippen LogP) is 1.38. The van der Waals surface area contributed by atoms with Gasteiger partial charge in [0.15, 0.2) is 0 Å². The van der Waals surface area contributed by atoms with Gasteiger partial charge in [0, 0.05) is 24.3 Å². The number of carbonyl (C=O) groups is 1. The number of nitrogens with one attached hydrogen (secondary N) is 1. The molecule has 0 aliphatic rings. The Labute approximate surface area is 89.1 Å². The monoisotopic (exact) mass is 203 g/mol. The number of carbonyl (C=O) groups excluding carboxylic acids is 1. The van der Waals surface area contributed by atoms with E-state index in [0.29, 0.717) is 18.5 Å². The van der Waals surface area contributed by atoms with E-state index in [1.807, 2.05) is 0 Å². The van der Waals surface area contributed by atoms with Crippen LogP contribution >= 0.6 is 0 Å². The third-order valence-electron chi connectivity index (χ3n) is 1.87. The highest BCUT2D eigenvalue weighted by Crippen LogP contribution is 2.10. The topological polar surface area (TPSA) is 49.3 Å². The van der Waals surface area contributed by atoms with E-state index in [4.69, 9.17) is 11.5 Å². The first-order valence-electron chi connectivity index (χ1n) is 4.73. The van der Waals surface area contributed by atoms with Crippen molar-refractivity contribution in [3.05, 3.63) is 29.8 Å². The summed E-state index contributed by atoms with van der Waals surface area (Å²) in [5.41, 5.74) is 1.42. The summed E-state index contributed by atoms with van der Waals surface area (Å²) in [6.07, 6.45) is 6.02. The van der Waals surface area contributed by atoms with Gasteiger partial charge in [-0.2, -0.15) is 0 Å². The molecule has 0 heterocycles. The van der Waals surface area contributed by atoms with Crippen LogP contribution in [0.15, 0.2) is 24.3 Å². The molecule has 1 rings (SSSR count). The number of anilines is 1. The van der Waals surface area contributed by atoms with Crippen LogP contribution in [0, 0.1) is 12.3 Å². The van der Waals surface area contributed by atoms with Gasteiger partial charge in [-0.1, -0.05) is 12.0 Å². The molecule has 1 aromatic rings. The van der Waals surface area contributed by atoms with Gasteiger partial charge in [0.1, 0.15) is 0 Å². The predicted molar refractivity (Wildman–Crippen MR) is 59.3 cm³/mol. The van der Waals surface area contributed by atoms with Crippen LogP contribution in [-0.2, 0) is 4.79 Å². The van der Waals surface area contributed by atoms with Crippen molar-refractivity contribution in [3.63, 3.8) is 0 Å². The summed E-state index contributed by atoms with van der Waals surface area (Å²) >= 11 is 0. The number of aliphatic hydroxyl groups is 1. The Morgan fingerprint density at radius 1 is 1.53 bits per heavy atom. The van der Waals surface area contributed by atoms with Crippen molar-refractivity contribution in [3.8, 4) is 12.3 Å². The minimum absolute atomic E-state index is 0.0256. The van der Waals surface area contributed by atoms with E-state index < -0.39 is 0 Å². The molecule has 0 bridgehead atoms. The number of aliphatic hydroxyl groups excluding tert-OH is 1. The Morgan fingerprint density at radius 3 is 3.00 bits per heavy atom. The standard InChI is InChI=1S/C12H13NO2/c1-2-10-5-3-6-11(9-10)13-12(15)7-4-8-14/h1,3,5-6,9,14H,4,7-8H2,(H,13,15). The van der Waals surface area contributed by atoms with E-state index in [2.05, 4.69) is 11.2 Å². The lowest BCUT2D eigenvalue weighted by Crippen LogP contribution is -2.11. The summed E-state index contributed by atoms with van der Waals surface area (Å²) < 4.78 is 0. The van der Waals surface area contributed by atoms with Crippen molar-refractivity contribution in [2.75, 3.05) is 11.9 Å². The van der Waals surface area contributed by atoms with Crippen molar-refractivity contribution in [1.82, 2.24) is 0 Å². The molecule has 2 N–H and O–H groups in total. The second kappa shape index (κ2) is 5.84. The molecule has 0 aliphatic carbocycles. The highest BCUT2D eigenvalue weighted by Gasteiger charge is 2.01.